The number of hydrogen-bond donors (Lipinski definition) is 0. The number of ether oxygens (including phenoxy) is 3. The van der Waals surface area contributed by atoms with E-state index in [-0.39, 0.29) is 10.8 Å². The number of hydrogen-bond acceptors (Lipinski definition) is 4. The van der Waals surface area contributed by atoms with Crippen molar-refractivity contribution >= 4 is 28.3 Å². The third-order valence-corrected chi connectivity index (χ3v) is 5.51. The van der Waals surface area contributed by atoms with Crippen molar-refractivity contribution in [1.29, 1.82) is 0 Å². The Morgan fingerprint density at radius 1 is 0.857 bits per heavy atom. The zero-order valence-electron chi connectivity index (χ0n) is 18.7. The molecule has 8 heteroatoms. The lowest BCUT2D eigenvalue weighted by Gasteiger charge is -2.15. The smallest absolute Gasteiger partial charge is 0.416 e. The highest BCUT2D eigenvalue weighted by Gasteiger charge is 2.31. The van der Waals surface area contributed by atoms with Crippen LogP contribution in [0.25, 0.3) is 10.8 Å². The van der Waals surface area contributed by atoms with Crippen LogP contribution < -0.4 is 14.2 Å². The molecule has 1 unspecified atom stereocenters. The molecule has 0 N–H and O–H groups in total. The topological polar surface area (TPSA) is 44.8 Å². The Bertz CT molecular complexity index is 1380. The summed E-state index contributed by atoms with van der Waals surface area (Å²) < 4.78 is 55.5. The maximum atomic E-state index is 12.9. The second kappa shape index (κ2) is 9.88. The zero-order chi connectivity index (χ0) is 25.2. The molecular weight excluding hydrogens is 481 g/mol. The summed E-state index contributed by atoms with van der Waals surface area (Å²) in [7, 11) is 0. The van der Waals surface area contributed by atoms with E-state index in [2.05, 4.69) is 0 Å². The molecule has 35 heavy (non-hydrogen) atoms. The van der Waals surface area contributed by atoms with E-state index >= 15 is 0 Å². The second-order valence-electron chi connectivity index (χ2n) is 7.86. The molecule has 0 radical (unpaired) electrons. The minimum absolute atomic E-state index is 0.0963. The van der Waals surface area contributed by atoms with Crippen molar-refractivity contribution in [3.05, 3.63) is 95.0 Å². The number of benzene rings is 4. The number of carbonyl (C=O) groups excluding carboxylic acids is 1. The maximum Gasteiger partial charge on any atom is 0.416 e. The van der Waals surface area contributed by atoms with Gasteiger partial charge in [-0.25, -0.2) is 4.79 Å². The van der Waals surface area contributed by atoms with E-state index in [9.17, 15) is 18.0 Å². The van der Waals surface area contributed by atoms with E-state index in [1.165, 1.54) is 6.07 Å². The normalized spacial score (nSPS) is 12.3. The summed E-state index contributed by atoms with van der Waals surface area (Å²) in [5.41, 5.74) is -0.0235. The van der Waals surface area contributed by atoms with Crippen LogP contribution in [0.3, 0.4) is 0 Å². The predicted octanol–water partition coefficient (Wildman–Crippen LogP) is 7.99. The van der Waals surface area contributed by atoms with Gasteiger partial charge < -0.3 is 14.2 Å². The Hall–Kier alpha value is -3.71. The molecule has 0 bridgehead atoms. The van der Waals surface area contributed by atoms with E-state index in [1.807, 2.05) is 25.1 Å². The molecule has 0 aliphatic heterocycles. The molecule has 0 heterocycles. The fraction of sp³-hybridized carbons (Fsp3) is 0.148. The van der Waals surface area contributed by atoms with Gasteiger partial charge in [-0.3, -0.25) is 0 Å². The molecule has 0 fully saturated rings. The van der Waals surface area contributed by atoms with Crippen molar-refractivity contribution in [3.8, 4) is 23.0 Å². The lowest BCUT2D eigenvalue weighted by atomic mass is 10.1. The van der Waals surface area contributed by atoms with Gasteiger partial charge in [0.05, 0.1) is 10.6 Å². The number of rotatable bonds is 6. The first-order valence-corrected chi connectivity index (χ1v) is 11.0. The van der Waals surface area contributed by atoms with Crippen LogP contribution in [-0.2, 0) is 11.0 Å². The summed E-state index contributed by atoms with van der Waals surface area (Å²) in [5.74, 6) is 0.849. The fourth-order valence-electron chi connectivity index (χ4n) is 3.34. The number of para-hydroxylation sites is 1. The summed E-state index contributed by atoms with van der Waals surface area (Å²) in [4.78, 5) is 12.5. The van der Waals surface area contributed by atoms with Crippen LogP contribution in [-0.4, -0.2) is 12.1 Å². The highest BCUT2D eigenvalue weighted by Crippen LogP contribution is 2.37. The molecule has 0 aliphatic rings. The Balaban J connectivity index is 1.49. The lowest BCUT2D eigenvalue weighted by molar-refractivity contribution is -0.141. The van der Waals surface area contributed by atoms with Gasteiger partial charge in [0.2, 0.25) is 0 Å². The Labute approximate surface area is 204 Å². The molecule has 0 aliphatic carbocycles. The van der Waals surface area contributed by atoms with Crippen LogP contribution >= 0.6 is 11.6 Å². The molecule has 180 valence electrons. The van der Waals surface area contributed by atoms with Gasteiger partial charge in [-0.2, -0.15) is 13.2 Å². The average molecular weight is 501 g/mol. The third kappa shape index (κ3) is 5.87. The number of fused-ring (bicyclic) bond motifs is 1. The number of esters is 1. The summed E-state index contributed by atoms with van der Waals surface area (Å²) in [6, 6.07) is 20.5. The summed E-state index contributed by atoms with van der Waals surface area (Å²) in [6.45, 7) is 3.44. The number of aryl methyl sites for hydroxylation is 1. The van der Waals surface area contributed by atoms with Crippen molar-refractivity contribution in [2.45, 2.75) is 26.1 Å². The van der Waals surface area contributed by atoms with Crippen molar-refractivity contribution in [1.82, 2.24) is 0 Å². The van der Waals surface area contributed by atoms with Crippen molar-refractivity contribution in [2.75, 3.05) is 0 Å². The van der Waals surface area contributed by atoms with Gasteiger partial charge in [0.15, 0.2) is 6.10 Å². The monoisotopic (exact) mass is 500 g/mol. The fourth-order valence-corrected chi connectivity index (χ4v) is 3.56. The van der Waals surface area contributed by atoms with Crippen molar-refractivity contribution in [2.24, 2.45) is 0 Å². The molecule has 0 amide bonds. The summed E-state index contributed by atoms with van der Waals surface area (Å²) in [6.07, 6.45) is -5.36. The molecule has 4 rings (SSSR count). The van der Waals surface area contributed by atoms with E-state index in [0.29, 0.717) is 17.2 Å². The van der Waals surface area contributed by atoms with Crippen LogP contribution in [0.4, 0.5) is 13.2 Å². The Morgan fingerprint density at radius 3 is 2.23 bits per heavy atom. The summed E-state index contributed by atoms with van der Waals surface area (Å²) in [5, 5.41) is 1.46. The minimum Gasteiger partial charge on any atom is -0.479 e. The third-order valence-electron chi connectivity index (χ3n) is 5.22. The Morgan fingerprint density at radius 2 is 1.54 bits per heavy atom. The largest absolute Gasteiger partial charge is 0.479 e. The molecule has 0 saturated heterocycles. The average Bonchev–Trinajstić information content (AvgIpc) is 2.81. The quantitative estimate of drug-likeness (QED) is 0.199. The van der Waals surface area contributed by atoms with Crippen LogP contribution in [0, 0.1) is 6.92 Å². The van der Waals surface area contributed by atoms with Gasteiger partial charge in [0.25, 0.3) is 0 Å². The predicted molar refractivity (Wildman–Crippen MR) is 127 cm³/mol. The van der Waals surface area contributed by atoms with Gasteiger partial charge in [0.1, 0.15) is 23.0 Å². The van der Waals surface area contributed by atoms with Crippen LogP contribution in [0.1, 0.15) is 18.1 Å². The lowest BCUT2D eigenvalue weighted by Crippen LogP contribution is -2.28. The van der Waals surface area contributed by atoms with E-state index in [1.54, 1.807) is 49.4 Å². The highest BCUT2D eigenvalue weighted by atomic mass is 35.5. The van der Waals surface area contributed by atoms with Gasteiger partial charge >= 0.3 is 12.1 Å². The first-order valence-electron chi connectivity index (χ1n) is 10.6. The van der Waals surface area contributed by atoms with Gasteiger partial charge in [0, 0.05) is 0 Å². The molecular formula is C27H20ClF3O4. The molecule has 0 saturated carbocycles. The van der Waals surface area contributed by atoms with Gasteiger partial charge in [-0.15, -0.1) is 0 Å². The Kier molecular flexibility index (Phi) is 6.89. The number of carbonyl (C=O) groups is 1. The second-order valence-corrected chi connectivity index (χ2v) is 8.27. The first-order chi connectivity index (χ1) is 16.6. The van der Waals surface area contributed by atoms with Crippen LogP contribution in [0.2, 0.25) is 5.02 Å². The van der Waals surface area contributed by atoms with E-state index in [0.717, 1.165) is 28.5 Å². The summed E-state index contributed by atoms with van der Waals surface area (Å²) >= 11 is 5.99. The molecule has 4 aromatic rings. The van der Waals surface area contributed by atoms with Crippen molar-refractivity contribution < 1.29 is 32.2 Å². The number of halogens is 4. The van der Waals surface area contributed by atoms with E-state index < -0.39 is 23.8 Å². The highest BCUT2D eigenvalue weighted by molar-refractivity contribution is 6.32. The van der Waals surface area contributed by atoms with Crippen LogP contribution in [0.5, 0.6) is 23.0 Å². The molecule has 0 aromatic heterocycles. The zero-order valence-corrected chi connectivity index (χ0v) is 19.5. The molecule has 0 spiro atoms. The molecule has 1 atom stereocenters. The molecule has 4 nitrogen and oxygen atoms in total. The molecule has 4 aromatic carbocycles. The minimum atomic E-state index is -4.50. The maximum absolute atomic E-state index is 12.9. The van der Waals surface area contributed by atoms with Gasteiger partial charge in [-0.1, -0.05) is 41.9 Å². The first kappa shape index (κ1) is 24.4. The number of alkyl halides is 3. The van der Waals surface area contributed by atoms with Crippen LogP contribution in [0.15, 0.2) is 78.9 Å². The van der Waals surface area contributed by atoms with Gasteiger partial charge in [-0.05, 0) is 78.7 Å². The van der Waals surface area contributed by atoms with Crippen molar-refractivity contribution in [3.63, 3.8) is 0 Å². The standard InChI is InChI=1S/C27H20ClF3O4/c1-16-5-3-4-6-24(16)35-26(32)17(2)33-21-10-7-18-8-11-22(14-19(18)13-21)34-25-12-9-20(15-23(25)28)27(29,30)31/h3-15,17H,1-2H3. The SMILES string of the molecule is Cc1ccccc1OC(=O)C(C)Oc1ccc2ccc(Oc3ccc(C(F)(F)F)cc3Cl)cc2c1. The van der Waals surface area contributed by atoms with E-state index in [4.69, 9.17) is 25.8 Å².